The molecule has 246 valence electrons. The molecule has 3 unspecified atom stereocenters. The summed E-state index contributed by atoms with van der Waals surface area (Å²) in [6.45, 7) is -3.76. The van der Waals surface area contributed by atoms with E-state index in [-0.39, 0.29) is 26.4 Å². The van der Waals surface area contributed by atoms with Crippen LogP contribution >= 0.6 is 0 Å². The molecule has 11 atom stereocenters. The highest BCUT2D eigenvalue weighted by Gasteiger charge is 2.34. The number of esters is 1. The van der Waals surface area contributed by atoms with Crippen molar-refractivity contribution in [3.8, 4) is 0 Å². The summed E-state index contributed by atoms with van der Waals surface area (Å²) in [5, 5.41) is 127. The number of aliphatic hydroxyl groups is 13. The van der Waals surface area contributed by atoms with Gasteiger partial charge in [-0.1, -0.05) is 0 Å². The van der Waals surface area contributed by atoms with Gasteiger partial charge in [0.25, 0.3) is 0 Å². The minimum Gasteiger partial charge on any atom is -0.463 e. The van der Waals surface area contributed by atoms with Crippen molar-refractivity contribution in [2.75, 3.05) is 65.9 Å². The summed E-state index contributed by atoms with van der Waals surface area (Å²) in [4.78, 5) is 11.8. The van der Waals surface area contributed by atoms with Crippen molar-refractivity contribution in [2.45, 2.75) is 74.1 Å². The molecule has 0 heterocycles. The molecule has 0 aromatic carbocycles. The van der Waals surface area contributed by atoms with Crippen molar-refractivity contribution in [2.24, 2.45) is 0 Å². The Kier molecular flexibility index (Phi) is 20.9. The van der Waals surface area contributed by atoms with E-state index in [9.17, 15) is 61.0 Å². The molecule has 18 nitrogen and oxygen atoms in total. The van der Waals surface area contributed by atoms with Gasteiger partial charge in [0.15, 0.2) is 0 Å². The van der Waals surface area contributed by atoms with Gasteiger partial charge in [0.2, 0.25) is 0 Å². The minimum atomic E-state index is -1.99. The average molecular weight is 610 g/mol. The van der Waals surface area contributed by atoms with Crippen LogP contribution in [0.15, 0.2) is 0 Å². The molecule has 0 aliphatic carbocycles. The number of aliphatic hydroxyl groups excluding tert-OH is 13. The Bertz CT molecular complexity index is 648. The van der Waals surface area contributed by atoms with E-state index in [2.05, 4.69) is 4.74 Å². The highest BCUT2D eigenvalue weighted by molar-refractivity contribution is 5.65. The first kappa shape index (κ1) is 39.8. The van der Waals surface area contributed by atoms with Crippen LogP contribution in [-0.4, -0.2) is 210 Å². The molecule has 0 radical (unpaired) electrons. The Morgan fingerprint density at radius 1 is 0.537 bits per heavy atom. The van der Waals surface area contributed by atoms with E-state index < -0.39 is 113 Å². The molecule has 0 spiro atoms. The van der Waals surface area contributed by atoms with Crippen LogP contribution in [0.4, 0.5) is 0 Å². The van der Waals surface area contributed by atoms with Crippen molar-refractivity contribution in [1.82, 2.24) is 4.90 Å². The van der Waals surface area contributed by atoms with Gasteiger partial charge < -0.3 is 80.6 Å². The highest BCUT2D eigenvalue weighted by Crippen LogP contribution is 2.11. The van der Waals surface area contributed by atoms with E-state index in [1.165, 1.54) is 6.92 Å². The van der Waals surface area contributed by atoms with Crippen molar-refractivity contribution < 1.29 is 85.4 Å². The van der Waals surface area contributed by atoms with Gasteiger partial charge >= 0.3 is 5.97 Å². The first-order valence-corrected chi connectivity index (χ1v) is 12.9. The van der Waals surface area contributed by atoms with E-state index in [0.717, 1.165) is 4.90 Å². The minimum absolute atomic E-state index is 0.238. The molecule has 18 heteroatoms. The van der Waals surface area contributed by atoms with Crippen LogP contribution < -0.4 is 0 Å². The molecule has 0 bridgehead atoms. The largest absolute Gasteiger partial charge is 0.463 e. The Morgan fingerprint density at radius 3 is 1.24 bits per heavy atom. The first-order valence-electron chi connectivity index (χ1n) is 12.9. The fourth-order valence-corrected chi connectivity index (χ4v) is 3.44. The van der Waals surface area contributed by atoms with Crippen LogP contribution in [-0.2, 0) is 19.0 Å². The summed E-state index contributed by atoms with van der Waals surface area (Å²) >= 11 is 0. The molecule has 0 saturated heterocycles. The van der Waals surface area contributed by atoms with Gasteiger partial charge in [0.05, 0.1) is 58.0 Å². The third-order valence-electron chi connectivity index (χ3n) is 5.73. The normalized spacial score (nSPS) is 20.4. The first-order chi connectivity index (χ1) is 19.1. The topological polar surface area (TPSA) is 311 Å². The summed E-state index contributed by atoms with van der Waals surface area (Å²) in [6, 6.07) is 0. The van der Waals surface area contributed by atoms with Crippen LogP contribution in [0.25, 0.3) is 0 Å². The number of carbonyl (C=O) groups is 1. The summed E-state index contributed by atoms with van der Waals surface area (Å²) in [7, 11) is 0. The second-order valence-corrected chi connectivity index (χ2v) is 9.65. The molecule has 0 aromatic heterocycles. The standard InChI is InChI=1S/C23H47NO17/c1-12(27)41-11-15(30)10-40-9-14(29)8-39-7-13(28)2-24(3-16(31)20(35)22(37)18(33)5-25)4-17(32)21(36)23(38)19(34)6-26/h13-23,25-26,28-38H,2-11H2,1H3/t13?,14?,15?,16-,17-,18+,19+,20+,21+,22+,23+/m0/s1. The zero-order valence-electron chi connectivity index (χ0n) is 22.8. The molecular formula is C23H47NO17. The maximum atomic E-state index is 10.7. The lowest BCUT2D eigenvalue weighted by atomic mass is 10.0. The zero-order chi connectivity index (χ0) is 31.7. The van der Waals surface area contributed by atoms with E-state index in [1.807, 2.05) is 0 Å². The van der Waals surface area contributed by atoms with Crippen LogP contribution in [0.1, 0.15) is 6.92 Å². The third kappa shape index (κ3) is 16.9. The van der Waals surface area contributed by atoms with Gasteiger partial charge in [-0.3, -0.25) is 9.69 Å². The molecule has 0 saturated carbocycles. The Hall–Kier alpha value is -1.17. The van der Waals surface area contributed by atoms with Crippen molar-refractivity contribution in [3.05, 3.63) is 0 Å². The molecular weight excluding hydrogens is 562 g/mol. The van der Waals surface area contributed by atoms with E-state index in [4.69, 9.17) is 19.7 Å². The van der Waals surface area contributed by atoms with E-state index in [0.29, 0.717) is 0 Å². The van der Waals surface area contributed by atoms with Crippen LogP contribution in [0.5, 0.6) is 0 Å². The fourth-order valence-electron chi connectivity index (χ4n) is 3.44. The number of rotatable bonds is 24. The molecule has 41 heavy (non-hydrogen) atoms. The number of hydrogen-bond acceptors (Lipinski definition) is 18. The van der Waals surface area contributed by atoms with Gasteiger partial charge in [0, 0.05) is 26.6 Å². The Balaban J connectivity index is 5.00. The molecule has 0 aliphatic heterocycles. The van der Waals surface area contributed by atoms with Crippen molar-refractivity contribution in [3.63, 3.8) is 0 Å². The average Bonchev–Trinajstić information content (AvgIpc) is 2.93. The number of nitrogens with zero attached hydrogens (tertiary/aromatic N) is 1. The van der Waals surface area contributed by atoms with Crippen LogP contribution in [0.3, 0.4) is 0 Å². The lowest BCUT2D eigenvalue weighted by Crippen LogP contribution is -2.54. The fraction of sp³-hybridized carbons (Fsp3) is 0.957. The zero-order valence-corrected chi connectivity index (χ0v) is 22.8. The van der Waals surface area contributed by atoms with Crippen molar-refractivity contribution in [1.29, 1.82) is 0 Å². The summed E-state index contributed by atoms with van der Waals surface area (Å²) in [6.07, 6.45) is -18.7. The highest BCUT2D eigenvalue weighted by atomic mass is 16.6. The number of carbonyl (C=O) groups excluding carboxylic acids is 1. The van der Waals surface area contributed by atoms with Crippen LogP contribution in [0, 0.1) is 0 Å². The molecule has 0 fully saturated rings. The predicted octanol–water partition coefficient (Wildman–Crippen LogP) is -8.16. The second kappa shape index (κ2) is 21.5. The maximum absolute atomic E-state index is 10.7. The van der Waals surface area contributed by atoms with Crippen molar-refractivity contribution >= 4 is 5.97 Å². The monoisotopic (exact) mass is 609 g/mol. The molecule has 0 amide bonds. The van der Waals surface area contributed by atoms with E-state index in [1.54, 1.807) is 0 Å². The molecule has 0 aliphatic rings. The Labute approximate surface area is 236 Å². The van der Waals surface area contributed by atoms with Gasteiger partial charge in [-0.25, -0.2) is 0 Å². The second-order valence-electron chi connectivity index (χ2n) is 9.65. The molecule has 13 N–H and O–H groups in total. The summed E-state index contributed by atoms with van der Waals surface area (Å²) in [5.41, 5.74) is 0. The quantitative estimate of drug-likeness (QED) is 0.0452. The maximum Gasteiger partial charge on any atom is 0.302 e. The molecule has 0 aromatic rings. The van der Waals surface area contributed by atoms with Gasteiger partial charge in [-0.15, -0.1) is 0 Å². The third-order valence-corrected chi connectivity index (χ3v) is 5.73. The Morgan fingerprint density at radius 2 is 0.878 bits per heavy atom. The smallest absolute Gasteiger partial charge is 0.302 e. The van der Waals surface area contributed by atoms with E-state index >= 15 is 0 Å². The van der Waals surface area contributed by atoms with Gasteiger partial charge in [-0.2, -0.15) is 0 Å². The SMILES string of the molecule is CC(=O)OCC(O)COCC(O)COCC(O)CN(C[C@H](O)[C@@H](O)[C@H](O)[C@H](O)CO)C[C@H](O)[C@@H](O)[C@H](O)[C@H](O)CO. The lowest BCUT2D eigenvalue weighted by molar-refractivity contribution is -0.145. The lowest BCUT2D eigenvalue weighted by Gasteiger charge is -2.34. The summed E-state index contributed by atoms with van der Waals surface area (Å²) in [5.74, 6) is -0.581. The predicted molar refractivity (Wildman–Crippen MR) is 135 cm³/mol. The van der Waals surface area contributed by atoms with Crippen LogP contribution in [0.2, 0.25) is 0 Å². The van der Waals surface area contributed by atoms with Gasteiger partial charge in [0.1, 0.15) is 55.4 Å². The van der Waals surface area contributed by atoms with Gasteiger partial charge in [-0.05, 0) is 0 Å². The summed E-state index contributed by atoms with van der Waals surface area (Å²) < 4.78 is 14.9. The molecule has 0 rings (SSSR count). The number of hydrogen-bond donors (Lipinski definition) is 13. The number of ether oxygens (including phenoxy) is 3.